The highest BCUT2D eigenvalue weighted by atomic mass is 16.2. The molecule has 3 heteroatoms. The van der Waals surface area contributed by atoms with E-state index >= 15 is 0 Å². The smallest absolute Gasteiger partial charge is 0.317 e. The summed E-state index contributed by atoms with van der Waals surface area (Å²) in [4.78, 5) is 14.4. The molecule has 3 nitrogen and oxygen atoms in total. The van der Waals surface area contributed by atoms with E-state index in [0.29, 0.717) is 6.04 Å². The number of nitrogens with zero attached hydrogens (tertiary/aromatic N) is 1. The lowest BCUT2D eigenvalue weighted by Crippen LogP contribution is -2.45. The molecule has 0 aliphatic heterocycles. The van der Waals surface area contributed by atoms with Gasteiger partial charge in [0.1, 0.15) is 0 Å². The highest BCUT2D eigenvalue weighted by Gasteiger charge is 2.26. The van der Waals surface area contributed by atoms with E-state index in [9.17, 15) is 4.79 Å². The van der Waals surface area contributed by atoms with Gasteiger partial charge in [-0.15, -0.1) is 0 Å². The van der Waals surface area contributed by atoms with Gasteiger partial charge in [0.05, 0.1) is 0 Å². The van der Waals surface area contributed by atoms with Gasteiger partial charge in [0.2, 0.25) is 0 Å². The molecule has 2 amide bonds. The fourth-order valence-electron chi connectivity index (χ4n) is 4.69. The molecule has 0 spiro atoms. The lowest BCUT2D eigenvalue weighted by molar-refractivity contribution is 0.179. The van der Waals surface area contributed by atoms with Gasteiger partial charge in [-0.05, 0) is 42.9 Å². The maximum Gasteiger partial charge on any atom is 0.317 e. The molecule has 0 aromatic heterocycles. The first kappa shape index (κ1) is 19.6. The molecule has 0 saturated heterocycles. The van der Waals surface area contributed by atoms with Gasteiger partial charge in [-0.1, -0.05) is 65.7 Å². The number of carbonyl (C=O) groups excluding carboxylic acids is 1. The van der Waals surface area contributed by atoms with Crippen LogP contribution in [0.5, 0.6) is 0 Å². The minimum Gasteiger partial charge on any atom is -0.335 e. The Balaban J connectivity index is 1.69. The van der Waals surface area contributed by atoms with E-state index in [1.165, 1.54) is 44.9 Å². The first-order valence-electron chi connectivity index (χ1n) is 10.5. The summed E-state index contributed by atoms with van der Waals surface area (Å²) < 4.78 is 0. The molecular weight excluding hydrogens is 296 g/mol. The van der Waals surface area contributed by atoms with Crippen molar-refractivity contribution in [2.75, 3.05) is 13.6 Å². The first-order chi connectivity index (χ1) is 11.5. The van der Waals surface area contributed by atoms with Gasteiger partial charge >= 0.3 is 6.03 Å². The fourth-order valence-corrected chi connectivity index (χ4v) is 4.69. The predicted molar refractivity (Wildman–Crippen MR) is 102 cm³/mol. The second-order valence-corrected chi connectivity index (χ2v) is 8.90. The van der Waals surface area contributed by atoms with Crippen LogP contribution in [0.25, 0.3) is 0 Å². The molecule has 140 valence electrons. The van der Waals surface area contributed by atoms with Gasteiger partial charge in [-0.25, -0.2) is 4.79 Å². The van der Waals surface area contributed by atoms with E-state index in [-0.39, 0.29) is 6.03 Å². The van der Waals surface area contributed by atoms with E-state index in [1.807, 2.05) is 11.9 Å². The van der Waals surface area contributed by atoms with Gasteiger partial charge in [0, 0.05) is 19.6 Å². The molecule has 0 radical (unpaired) electrons. The summed E-state index contributed by atoms with van der Waals surface area (Å²) in [7, 11) is 1.96. The zero-order valence-electron chi connectivity index (χ0n) is 16.5. The molecule has 2 rings (SSSR count). The third-order valence-corrected chi connectivity index (χ3v) is 6.71. The second-order valence-electron chi connectivity index (χ2n) is 8.90. The van der Waals surface area contributed by atoms with Crippen molar-refractivity contribution in [1.82, 2.24) is 10.2 Å². The third-order valence-electron chi connectivity index (χ3n) is 6.71. The quantitative estimate of drug-likeness (QED) is 0.687. The van der Waals surface area contributed by atoms with Crippen LogP contribution in [0.4, 0.5) is 4.79 Å². The van der Waals surface area contributed by atoms with Crippen molar-refractivity contribution < 1.29 is 4.79 Å². The molecule has 3 atom stereocenters. The van der Waals surface area contributed by atoms with Crippen LogP contribution in [0, 0.1) is 23.7 Å². The van der Waals surface area contributed by atoms with E-state index in [4.69, 9.17) is 0 Å². The van der Waals surface area contributed by atoms with Crippen LogP contribution in [-0.2, 0) is 0 Å². The van der Waals surface area contributed by atoms with Crippen molar-refractivity contribution in [3.63, 3.8) is 0 Å². The Kier molecular flexibility index (Phi) is 7.90. The number of carbonyl (C=O) groups is 1. The van der Waals surface area contributed by atoms with Crippen LogP contribution in [-0.4, -0.2) is 30.6 Å². The summed E-state index contributed by atoms with van der Waals surface area (Å²) in [6, 6.07) is 0.525. The summed E-state index contributed by atoms with van der Waals surface area (Å²) in [6.07, 6.45) is 13.1. The minimum atomic E-state index is 0.139. The van der Waals surface area contributed by atoms with Gasteiger partial charge < -0.3 is 10.2 Å². The van der Waals surface area contributed by atoms with Gasteiger partial charge in [0.15, 0.2) is 0 Å². The van der Waals surface area contributed by atoms with Crippen LogP contribution in [0.15, 0.2) is 0 Å². The summed E-state index contributed by atoms with van der Waals surface area (Å²) in [5, 5.41) is 3.29. The Bertz CT molecular complexity index is 376. The molecule has 2 aliphatic carbocycles. The van der Waals surface area contributed by atoms with Gasteiger partial charge in [-0.2, -0.15) is 0 Å². The van der Waals surface area contributed by atoms with E-state index < -0.39 is 0 Å². The van der Waals surface area contributed by atoms with Crippen LogP contribution in [0.2, 0.25) is 0 Å². The highest BCUT2D eigenvalue weighted by Crippen LogP contribution is 2.32. The number of urea groups is 1. The SMILES string of the molecule is CC(CCN(C)C(=O)N[C@@H]1CCC[C@H](C(C)C)C1)C1CCCCC1. The molecular formula is C21H40N2O. The van der Waals surface area contributed by atoms with Crippen molar-refractivity contribution in [3.8, 4) is 0 Å². The lowest BCUT2D eigenvalue weighted by atomic mass is 9.79. The average Bonchev–Trinajstić information content (AvgIpc) is 2.60. The van der Waals surface area contributed by atoms with Crippen LogP contribution in [0.3, 0.4) is 0 Å². The maximum atomic E-state index is 12.5. The molecule has 0 heterocycles. The Morgan fingerprint density at radius 1 is 1.00 bits per heavy atom. The first-order valence-corrected chi connectivity index (χ1v) is 10.5. The number of hydrogen-bond acceptors (Lipinski definition) is 1. The van der Waals surface area contributed by atoms with Gasteiger partial charge in [-0.3, -0.25) is 0 Å². The summed E-state index contributed by atoms with van der Waals surface area (Å²) in [5.41, 5.74) is 0. The van der Waals surface area contributed by atoms with E-state index in [0.717, 1.165) is 49.5 Å². The minimum absolute atomic E-state index is 0.139. The van der Waals surface area contributed by atoms with Crippen molar-refractivity contribution in [2.45, 2.75) is 91.0 Å². The zero-order valence-corrected chi connectivity index (χ0v) is 16.5. The Morgan fingerprint density at radius 3 is 2.33 bits per heavy atom. The Hall–Kier alpha value is -0.730. The molecule has 0 aromatic carbocycles. The number of rotatable bonds is 6. The molecule has 24 heavy (non-hydrogen) atoms. The summed E-state index contributed by atoms with van der Waals surface area (Å²) >= 11 is 0. The standard InChI is InChI=1S/C21H40N2O/c1-16(2)19-11-8-12-20(15-19)22-21(24)23(4)14-13-17(3)18-9-6-5-7-10-18/h16-20H,5-15H2,1-4H3,(H,22,24)/t17?,19-,20+/m0/s1. The lowest BCUT2D eigenvalue weighted by Gasteiger charge is -2.33. The van der Waals surface area contributed by atoms with Crippen molar-refractivity contribution in [2.24, 2.45) is 23.7 Å². The average molecular weight is 337 g/mol. The molecule has 2 saturated carbocycles. The monoisotopic (exact) mass is 336 g/mol. The van der Waals surface area contributed by atoms with Crippen molar-refractivity contribution >= 4 is 6.03 Å². The predicted octanol–water partition coefficient (Wildman–Crippen LogP) is 5.45. The Morgan fingerprint density at radius 2 is 1.67 bits per heavy atom. The number of hydrogen-bond donors (Lipinski definition) is 1. The third kappa shape index (κ3) is 5.97. The summed E-state index contributed by atoms with van der Waals surface area (Å²) in [5.74, 6) is 3.15. The van der Waals surface area contributed by atoms with Crippen molar-refractivity contribution in [1.29, 1.82) is 0 Å². The van der Waals surface area contributed by atoms with E-state index in [1.54, 1.807) is 0 Å². The molecule has 1 unspecified atom stereocenters. The number of nitrogens with one attached hydrogen (secondary N) is 1. The van der Waals surface area contributed by atoms with Crippen LogP contribution >= 0.6 is 0 Å². The number of amides is 2. The van der Waals surface area contributed by atoms with Gasteiger partial charge in [0.25, 0.3) is 0 Å². The fraction of sp³-hybridized carbons (Fsp3) is 0.952. The molecule has 2 aliphatic rings. The zero-order chi connectivity index (χ0) is 17.5. The molecule has 0 aromatic rings. The summed E-state index contributed by atoms with van der Waals surface area (Å²) in [6.45, 7) is 7.90. The van der Waals surface area contributed by atoms with Crippen molar-refractivity contribution in [3.05, 3.63) is 0 Å². The topological polar surface area (TPSA) is 32.3 Å². The normalized spacial score (nSPS) is 27.0. The van der Waals surface area contributed by atoms with Crippen LogP contribution in [0.1, 0.15) is 85.0 Å². The molecule has 0 bridgehead atoms. The Labute approximate surface area is 149 Å². The maximum absolute atomic E-state index is 12.5. The largest absolute Gasteiger partial charge is 0.335 e. The molecule has 1 N–H and O–H groups in total. The highest BCUT2D eigenvalue weighted by molar-refractivity contribution is 5.74. The molecule has 2 fully saturated rings. The van der Waals surface area contributed by atoms with Crippen LogP contribution < -0.4 is 5.32 Å². The second kappa shape index (κ2) is 9.68. The van der Waals surface area contributed by atoms with E-state index in [2.05, 4.69) is 26.1 Å².